The van der Waals surface area contributed by atoms with Crippen LogP contribution in [0.5, 0.6) is 0 Å². The number of nitrogen functional groups attached to an aromatic ring is 1. The molecule has 0 saturated carbocycles. The lowest BCUT2D eigenvalue weighted by molar-refractivity contribution is 0.0946. The molecule has 100 valence electrons. The summed E-state index contributed by atoms with van der Waals surface area (Å²) in [5.74, 6) is -0.823. The minimum absolute atomic E-state index is 0.0649. The second kappa shape index (κ2) is 5.40. The summed E-state index contributed by atoms with van der Waals surface area (Å²) in [6.45, 7) is 1.78. The monoisotopic (exact) mass is 326 g/mol. The van der Waals surface area contributed by atoms with Crippen molar-refractivity contribution < 1.29 is 9.18 Å². The first kappa shape index (κ1) is 13.5. The number of amides is 1. The van der Waals surface area contributed by atoms with Crippen LogP contribution in [-0.4, -0.2) is 16.1 Å². The third-order valence-electron chi connectivity index (χ3n) is 2.66. The van der Waals surface area contributed by atoms with Crippen molar-refractivity contribution in [2.75, 3.05) is 5.73 Å². The van der Waals surface area contributed by atoms with Gasteiger partial charge in [-0.25, -0.2) is 4.39 Å². The highest BCUT2D eigenvalue weighted by atomic mass is 79.9. The van der Waals surface area contributed by atoms with Crippen molar-refractivity contribution in [3.8, 4) is 0 Å². The van der Waals surface area contributed by atoms with E-state index < -0.39 is 5.91 Å². The molecule has 0 aliphatic heterocycles. The highest BCUT2D eigenvalue weighted by Gasteiger charge is 2.15. The van der Waals surface area contributed by atoms with Crippen LogP contribution in [0.4, 0.5) is 10.1 Å². The molecule has 0 aliphatic carbocycles. The van der Waals surface area contributed by atoms with Gasteiger partial charge in [0.15, 0.2) is 5.69 Å². The highest BCUT2D eigenvalue weighted by Crippen LogP contribution is 2.16. The lowest BCUT2D eigenvalue weighted by atomic mass is 10.2. The molecule has 0 unspecified atom stereocenters. The minimum Gasteiger partial charge on any atom is -0.395 e. The Labute approximate surface area is 117 Å². The van der Waals surface area contributed by atoms with Gasteiger partial charge in [-0.05, 0) is 25.1 Å². The molecular weight excluding hydrogens is 315 g/mol. The molecule has 1 aromatic heterocycles. The summed E-state index contributed by atoms with van der Waals surface area (Å²) in [7, 11) is 0. The highest BCUT2D eigenvalue weighted by molar-refractivity contribution is 9.10. The fraction of sp³-hybridized carbons (Fsp3) is 0.167. The van der Waals surface area contributed by atoms with E-state index in [4.69, 9.17) is 5.73 Å². The molecule has 1 amide bonds. The maximum Gasteiger partial charge on any atom is 0.274 e. The number of nitrogens with zero attached hydrogens (tertiary/aromatic N) is 1. The third-order valence-corrected chi connectivity index (χ3v) is 3.15. The number of rotatable bonds is 3. The first-order valence-electron chi connectivity index (χ1n) is 5.51. The van der Waals surface area contributed by atoms with Crippen molar-refractivity contribution >= 4 is 27.5 Å². The van der Waals surface area contributed by atoms with Gasteiger partial charge in [0.05, 0.1) is 11.4 Å². The number of aromatic nitrogens is 2. The third kappa shape index (κ3) is 2.93. The van der Waals surface area contributed by atoms with Crippen LogP contribution in [-0.2, 0) is 6.54 Å². The van der Waals surface area contributed by atoms with Gasteiger partial charge in [-0.1, -0.05) is 15.9 Å². The normalized spacial score (nSPS) is 10.5. The Bertz CT molecular complexity index is 626. The molecular formula is C12H12BrFN4O. The van der Waals surface area contributed by atoms with Gasteiger partial charge < -0.3 is 11.1 Å². The Kier molecular flexibility index (Phi) is 3.84. The number of H-pyrrole nitrogens is 1. The zero-order valence-electron chi connectivity index (χ0n) is 10.1. The van der Waals surface area contributed by atoms with Crippen LogP contribution < -0.4 is 11.1 Å². The topological polar surface area (TPSA) is 83.8 Å². The molecule has 0 bridgehead atoms. The fourth-order valence-corrected chi connectivity index (χ4v) is 1.96. The molecule has 0 saturated heterocycles. The molecule has 0 aliphatic rings. The summed E-state index contributed by atoms with van der Waals surface area (Å²) in [6, 6.07) is 4.53. The van der Waals surface area contributed by atoms with E-state index in [0.717, 1.165) is 4.47 Å². The molecule has 2 rings (SSSR count). The van der Waals surface area contributed by atoms with Gasteiger partial charge in [0.1, 0.15) is 5.82 Å². The average Bonchev–Trinajstić information content (AvgIpc) is 2.71. The molecule has 1 heterocycles. The Hall–Kier alpha value is -1.89. The van der Waals surface area contributed by atoms with Crippen molar-refractivity contribution in [3.63, 3.8) is 0 Å². The number of aromatic amines is 1. The van der Waals surface area contributed by atoms with Gasteiger partial charge in [0.25, 0.3) is 5.91 Å². The Morgan fingerprint density at radius 2 is 2.32 bits per heavy atom. The number of nitrogens with one attached hydrogen (secondary N) is 2. The van der Waals surface area contributed by atoms with Crippen molar-refractivity contribution in [2.45, 2.75) is 13.5 Å². The standard InChI is InChI=1S/C12H12BrFN4O/c1-6-10(15)11(18-17-6)12(19)16-5-7-4-8(13)2-3-9(7)14/h2-4H,5,15H2,1H3,(H,16,19)(H,17,18). The summed E-state index contributed by atoms with van der Waals surface area (Å²) >= 11 is 3.25. The van der Waals surface area contributed by atoms with Crippen molar-refractivity contribution in [1.82, 2.24) is 15.5 Å². The van der Waals surface area contributed by atoms with E-state index in [1.807, 2.05) is 0 Å². The van der Waals surface area contributed by atoms with Gasteiger partial charge in [-0.3, -0.25) is 9.89 Å². The van der Waals surface area contributed by atoms with E-state index in [1.54, 1.807) is 19.1 Å². The van der Waals surface area contributed by atoms with Gasteiger partial charge in [0.2, 0.25) is 0 Å². The van der Waals surface area contributed by atoms with Crippen LogP contribution in [0.25, 0.3) is 0 Å². The number of anilines is 1. The zero-order chi connectivity index (χ0) is 14.0. The molecule has 19 heavy (non-hydrogen) atoms. The van der Waals surface area contributed by atoms with Gasteiger partial charge in [-0.15, -0.1) is 0 Å². The first-order chi connectivity index (χ1) is 8.99. The zero-order valence-corrected chi connectivity index (χ0v) is 11.7. The maximum atomic E-state index is 13.5. The predicted octanol–water partition coefficient (Wildman–Crippen LogP) is 2.13. The van der Waals surface area contributed by atoms with Crippen LogP contribution in [0.1, 0.15) is 21.7 Å². The van der Waals surface area contributed by atoms with E-state index in [-0.39, 0.29) is 18.1 Å². The number of carbonyl (C=O) groups is 1. The molecule has 2 aromatic rings. The summed E-state index contributed by atoms with van der Waals surface area (Å²) in [5, 5.41) is 9.00. The number of aryl methyl sites for hydroxylation is 1. The van der Waals surface area contributed by atoms with Crippen molar-refractivity contribution in [2.24, 2.45) is 0 Å². The second-order valence-electron chi connectivity index (χ2n) is 4.03. The van der Waals surface area contributed by atoms with E-state index >= 15 is 0 Å². The lowest BCUT2D eigenvalue weighted by Crippen LogP contribution is -2.24. The second-order valence-corrected chi connectivity index (χ2v) is 4.94. The summed E-state index contributed by atoms with van der Waals surface area (Å²) in [5.41, 5.74) is 7.11. The molecule has 0 fully saturated rings. The number of nitrogens with two attached hydrogens (primary N) is 1. The van der Waals surface area contributed by atoms with Gasteiger partial charge in [0, 0.05) is 16.6 Å². The van der Waals surface area contributed by atoms with E-state index in [2.05, 4.69) is 31.4 Å². The predicted molar refractivity (Wildman–Crippen MR) is 73.0 cm³/mol. The number of carbonyl (C=O) groups excluding carboxylic acids is 1. The molecule has 0 radical (unpaired) electrons. The van der Waals surface area contributed by atoms with Crippen LogP contribution >= 0.6 is 15.9 Å². The van der Waals surface area contributed by atoms with Crippen LogP contribution in [0.3, 0.4) is 0 Å². The van der Waals surface area contributed by atoms with Crippen LogP contribution in [0.2, 0.25) is 0 Å². The molecule has 0 spiro atoms. The molecule has 4 N–H and O–H groups in total. The van der Waals surface area contributed by atoms with E-state index in [9.17, 15) is 9.18 Å². The molecule has 5 nitrogen and oxygen atoms in total. The quantitative estimate of drug-likeness (QED) is 0.807. The van der Waals surface area contributed by atoms with E-state index in [1.165, 1.54) is 6.07 Å². The fourth-order valence-electron chi connectivity index (χ4n) is 1.55. The first-order valence-corrected chi connectivity index (χ1v) is 6.31. The van der Waals surface area contributed by atoms with E-state index in [0.29, 0.717) is 16.9 Å². The lowest BCUT2D eigenvalue weighted by Gasteiger charge is -2.06. The Morgan fingerprint density at radius 1 is 1.58 bits per heavy atom. The summed E-state index contributed by atoms with van der Waals surface area (Å²) < 4.78 is 14.2. The van der Waals surface area contributed by atoms with Crippen molar-refractivity contribution in [1.29, 1.82) is 0 Å². The minimum atomic E-state index is -0.443. The van der Waals surface area contributed by atoms with Gasteiger partial charge >= 0.3 is 0 Å². The molecule has 0 atom stereocenters. The average molecular weight is 327 g/mol. The number of hydrogen-bond donors (Lipinski definition) is 3. The molecule has 7 heteroatoms. The van der Waals surface area contributed by atoms with Crippen LogP contribution in [0, 0.1) is 12.7 Å². The Morgan fingerprint density at radius 3 is 2.95 bits per heavy atom. The Balaban J connectivity index is 2.08. The maximum absolute atomic E-state index is 13.5. The smallest absolute Gasteiger partial charge is 0.274 e. The van der Waals surface area contributed by atoms with Crippen LogP contribution in [0.15, 0.2) is 22.7 Å². The molecule has 1 aromatic carbocycles. The largest absolute Gasteiger partial charge is 0.395 e. The van der Waals surface area contributed by atoms with Gasteiger partial charge in [-0.2, -0.15) is 5.10 Å². The van der Waals surface area contributed by atoms with Crippen molar-refractivity contribution in [3.05, 3.63) is 45.4 Å². The number of benzene rings is 1. The number of hydrogen-bond acceptors (Lipinski definition) is 3. The number of halogens is 2. The SMILES string of the molecule is Cc1[nH]nc(C(=O)NCc2cc(Br)ccc2F)c1N. The summed E-state index contributed by atoms with van der Waals surface area (Å²) in [6.07, 6.45) is 0. The summed E-state index contributed by atoms with van der Waals surface area (Å²) in [4.78, 5) is 11.8.